The van der Waals surface area contributed by atoms with Gasteiger partial charge in [0.05, 0.1) is 5.52 Å². The molecular weight excluding hydrogens is 324 g/mol. The van der Waals surface area contributed by atoms with Gasteiger partial charge in [-0.2, -0.15) is 0 Å². The summed E-state index contributed by atoms with van der Waals surface area (Å²) >= 11 is 0. The monoisotopic (exact) mass is 350 g/mol. The van der Waals surface area contributed by atoms with Crippen LogP contribution in [0.1, 0.15) is 46.2 Å². The summed E-state index contributed by atoms with van der Waals surface area (Å²) in [7, 11) is 4.05. The van der Waals surface area contributed by atoms with E-state index >= 15 is 0 Å². The van der Waals surface area contributed by atoms with Gasteiger partial charge in [0, 0.05) is 50.9 Å². The van der Waals surface area contributed by atoms with E-state index < -0.39 is 0 Å². The summed E-state index contributed by atoms with van der Waals surface area (Å²) in [6.07, 6.45) is 5.79. The number of fused-ring (bicyclic) bond motifs is 1. The Hall–Kier alpha value is -2.56. The zero-order chi connectivity index (χ0) is 18.4. The number of benzene rings is 1. The third-order valence-corrected chi connectivity index (χ3v) is 5.88. The van der Waals surface area contributed by atoms with Crippen LogP contribution in [0.3, 0.4) is 0 Å². The number of nitrogens with zero attached hydrogens (tertiary/aromatic N) is 4. The van der Waals surface area contributed by atoms with Crippen molar-refractivity contribution in [2.45, 2.75) is 32.6 Å². The Kier molecular flexibility index (Phi) is 4.10. The molecule has 0 N–H and O–H groups in total. The first kappa shape index (κ1) is 16.9. The highest BCUT2D eigenvalue weighted by atomic mass is 16.2. The predicted octanol–water partition coefficient (Wildman–Crippen LogP) is 3.55. The van der Waals surface area contributed by atoms with Gasteiger partial charge in [-0.1, -0.05) is 18.2 Å². The molecule has 3 aromatic rings. The van der Waals surface area contributed by atoms with Crippen molar-refractivity contribution in [1.82, 2.24) is 19.0 Å². The predicted molar refractivity (Wildman–Crippen MR) is 103 cm³/mol. The first-order valence-electron chi connectivity index (χ1n) is 9.30. The minimum atomic E-state index is 0.152. The molecule has 5 heteroatoms. The SMILES string of the molecule is Cc1c(C(=O)N2CCC(c3nccn3C)CC2)n(C)c2c(C)cccc12. The van der Waals surface area contributed by atoms with Crippen molar-refractivity contribution in [3.05, 3.63) is 53.2 Å². The van der Waals surface area contributed by atoms with Gasteiger partial charge in [-0.3, -0.25) is 4.79 Å². The lowest BCUT2D eigenvalue weighted by Gasteiger charge is -2.32. The number of hydrogen-bond donors (Lipinski definition) is 0. The summed E-state index contributed by atoms with van der Waals surface area (Å²) in [5.74, 6) is 1.72. The molecule has 136 valence electrons. The molecule has 0 atom stereocenters. The minimum Gasteiger partial charge on any atom is -0.339 e. The van der Waals surface area contributed by atoms with E-state index in [0.29, 0.717) is 5.92 Å². The molecule has 26 heavy (non-hydrogen) atoms. The number of aromatic nitrogens is 3. The Morgan fingerprint density at radius 3 is 2.50 bits per heavy atom. The van der Waals surface area contributed by atoms with Crippen molar-refractivity contribution < 1.29 is 4.79 Å². The average molecular weight is 350 g/mol. The third kappa shape index (κ3) is 2.54. The molecule has 0 saturated carbocycles. The number of carbonyl (C=O) groups excluding carboxylic acids is 1. The van der Waals surface area contributed by atoms with Crippen molar-refractivity contribution in [1.29, 1.82) is 0 Å². The fraction of sp³-hybridized carbons (Fsp3) is 0.429. The van der Waals surface area contributed by atoms with Gasteiger partial charge in [-0.15, -0.1) is 0 Å². The molecule has 0 aliphatic carbocycles. The van der Waals surface area contributed by atoms with Gasteiger partial charge in [0.25, 0.3) is 5.91 Å². The van der Waals surface area contributed by atoms with Crippen molar-refractivity contribution in [3.63, 3.8) is 0 Å². The summed E-state index contributed by atoms with van der Waals surface area (Å²) in [6, 6.07) is 6.29. The van der Waals surface area contributed by atoms with Crippen LogP contribution >= 0.6 is 0 Å². The fourth-order valence-corrected chi connectivity index (χ4v) is 4.46. The van der Waals surface area contributed by atoms with Crippen LogP contribution in [-0.4, -0.2) is 38.0 Å². The van der Waals surface area contributed by atoms with E-state index in [4.69, 9.17) is 0 Å². The first-order chi connectivity index (χ1) is 12.5. The topological polar surface area (TPSA) is 43.1 Å². The molecular formula is C21H26N4O. The highest BCUT2D eigenvalue weighted by Crippen LogP contribution is 2.31. The van der Waals surface area contributed by atoms with Gasteiger partial charge in [-0.25, -0.2) is 4.98 Å². The molecule has 2 aromatic heterocycles. The third-order valence-electron chi connectivity index (χ3n) is 5.88. The van der Waals surface area contributed by atoms with Crippen LogP contribution < -0.4 is 0 Å². The number of imidazole rings is 1. The molecule has 3 heterocycles. The lowest BCUT2D eigenvalue weighted by atomic mass is 9.95. The second kappa shape index (κ2) is 6.31. The van der Waals surface area contributed by atoms with Crippen LogP contribution in [0.25, 0.3) is 10.9 Å². The van der Waals surface area contributed by atoms with E-state index in [2.05, 4.69) is 46.2 Å². The van der Waals surface area contributed by atoms with Crippen LogP contribution in [-0.2, 0) is 14.1 Å². The van der Waals surface area contributed by atoms with Crippen molar-refractivity contribution in [2.24, 2.45) is 14.1 Å². The lowest BCUT2D eigenvalue weighted by molar-refractivity contribution is 0.0700. The van der Waals surface area contributed by atoms with E-state index in [9.17, 15) is 4.79 Å². The molecule has 1 aromatic carbocycles. The second-order valence-electron chi connectivity index (χ2n) is 7.47. The molecule has 0 radical (unpaired) electrons. The van der Waals surface area contributed by atoms with Crippen LogP contribution in [0.5, 0.6) is 0 Å². The molecule has 1 aliphatic rings. The van der Waals surface area contributed by atoms with Gasteiger partial charge in [0.1, 0.15) is 11.5 Å². The average Bonchev–Trinajstić information content (AvgIpc) is 3.17. The van der Waals surface area contributed by atoms with Crippen molar-refractivity contribution in [3.8, 4) is 0 Å². The minimum absolute atomic E-state index is 0.152. The lowest BCUT2D eigenvalue weighted by Crippen LogP contribution is -2.39. The summed E-state index contributed by atoms with van der Waals surface area (Å²) in [6.45, 7) is 5.75. The maximum atomic E-state index is 13.3. The number of amides is 1. The van der Waals surface area contributed by atoms with E-state index in [1.165, 1.54) is 10.9 Å². The van der Waals surface area contributed by atoms with Gasteiger partial charge >= 0.3 is 0 Å². The van der Waals surface area contributed by atoms with Gasteiger partial charge < -0.3 is 14.0 Å². The molecule has 1 aliphatic heterocycles. The number of aryl methyl sites for hydroxylation is 4. The largest absolute Gasteiger partial charge is 0.339 e. The standard InChI is InChI=1S/C21H26N4O/c1-14-6-5-7-17-15(2)19(24(4)18(14)17)21(26)25-11-8-16(9-12-25)20-22-10-13-23(20)3/h5-7,10,13,16H,8-9,11-12H2,1-4H3. The van der Waals surface area contributed by atoms with E-state index in [0.717, 1.165) is 48.5 Å². The molecule has 1 saturated heterocycles. The summed E-state index contributed by atoms with van der Waals surface area (Å²) < 4.78 is 4.17. The van der Waals surface area contributed by atoms with E-state index in [-0.39, 0.29) is 5.91 Å². The highest BCUT2D eigenvalue weighted by Gasteiger charge is 2.29. The van der Waals surface area contributed by atoms with Crippen molar-refractivity contribution >= 4 is 16.8 Å². The highest BCUT2D eigenvalue weighted by molar-refractivity contribution is 6.02. The molecule has 1 amide bonds. The summed E-state index contributed by atoms with van der Waals surface area (Å²) in [4.78, 5) is 19.8. The van der Waals surface area contributed by atoms with E-state index in [1.54, 1.807) is 0 Å². The van der Waals surface area contributed by atoms with Crippen LogP contribution in [0, 0.1) is 13.8 Å². The van der Waals surface area contributed by atoms with Crippen LogP contribution in [0.4, 0.5) is 0 Å². The van der Waals surface area contributed by atoms with Crippen LogP contribution in [0.15, 0.2) is 30.6 Å². The number of hydrogen-bond acceptors (Lipinski definition) is 2. The van der Waals surface area contributed by atoms with Gasteiger partial charge in [-0.05, 0) is 37.8 Å². The summed E-state index contributed by atoms with van der Waals surface area (Å²) in [5, 5.41) is 1.18. The molecule has 4 rings (SSSR count). The quantitative estimate of drug-likeness (QED) is 0.709. The molecule has 5 nitrogen and oxygen atoms in total. The molecule has 0 spiro atoms. The number of carbonyl (C=O) groups is 1. The van der Waals surface area contributed by atoms with Crippen LogP contribution in [0.2, 0.25) is 0 Å². The number of para-hydroxylation sites is 1. The summed E-state index contributed by atoms with van der Waals surface area (Å²) in [5.41, 5.74) is 4.28. The Morgan fingerprint density at radius 1 is 1.15 bits per heavy atom. The Morgan fingerprint density at radius 2 is 1.88 bits per heavy atom. The molecule has 0 unspecified atom stereocenters. The normalized spacial score (nSPS) is 15.8. The first-order valence-corrected chi connectivity index (χ1v) is 9.30. The zero-order valence-electron chi connectivity index (χ0n) is 16.0. The number of piperidine rings is 1. The second-order valence-corrected chi connectivity index (χ2v) is 7.47. The maximum absolute atomic E-state index is 13.3. The smallest absolute Gasteiger partial charge is 0.270 e. The van der Waals surface area contributed by atoms with Gasteiger partial charge in [0.15, 0.2) is 0 Å². The maximum Gasteiger partial charge on any atom is 0.270 e. The fourth-order valence-electron chi connectivity index (χ4n) is 4.46. The zero-order valence-corrected chi connectivity index (χ0v) is 16.0. The molecule has 1 fully saturated rings. The Labute approximate surface area is 154 Å². The number of rotatable bonds is 2. The Balaban J connectivity index is 1.59. The Bertz CT molecular complexity index is 973. The van der Waals surface area contributed by atoms with Crippen molar-refractivity contribution in [2.75, 3.05) is 13.1 Å². The van der Waals surface area contributed by atoms with Gasteiger partial charge in [0.2, 0.25) is 0 Å². The van der Waals surface area contributed by atoms with E-state index in [1.807, 2.05) is 31.4 Å². The molecule has 0 bridgehead atoms. The number of likely N-dealkylation sites (tertiary alicyclic amines) is 1.